The number of sulfonamides is 1. The van der Waals surface area contributed by atoms with Crippen LogP contribution in [0.3, 0.4) is 0 Å². The smallest absolute Gasteiger partial charge is 0.251 e. The lowest BCUT2D eigenvalue weighted by Crippen LogP contribution is -2.29. The van der Waals surface area contributed by atoms with Gasteiger partial charge < -0.3 is 5.32 Å². The molecule has 134 valence electrons. The maximum atomic E-state index is 12.2. The van der Waals surface area contributed by atoms with Gasteiger partial charge in [-0.3, -0.25) is 9.10 Å². The molecule has 2 rings (SSSR count). The molecule has 1 N–H and O–H groups in total. The summed E-state index contributed by atoms with van der Waals surface area (Å²) in [6, 6.07) is 14.0. The molecule has 0 unspecified atom stereocenters. The van der Waals surface area contributed by atoms with E-state index in [-0.39, 0.29) is 5.91 Å². The van der Waals surface area contributed by atoms with Crippen LogP contribution >= 0.6 is 11.6 Å². The summed E-state index contributed by atoms with van der Waals surface area (Å²) in [5.41, 5.74) is 2.12. The van der Waals surface area contributed by atoms with E-state index in [9.17, 15) is 13.2 Å². The standard InChI is InChI=1S/C18H21ClN2O3S/c1-3-21(25(2,23)24)17-10-6-15(7-11-17)18(22)20-13-12-14-4-8-16(19)9-5-14/h4-11H,3,12-13H2,1-2H3,(H,20,22). The summed E-state index contributed by atoms with van der Waals surface area (Å²) in [6.45, 7) is 2.61. The molecular weight excluding hydrogens is 360 g/mol. The summed E-state index contributed by atoms with van der Waals surface area (Å²) < 4.78 is 24.7. The average Bonchev–Trinajstić information content (AvgIpc) is 2.56. The summed E-state index contributed by atoms with van der Waals surface area (Å²) in [6.07, 6.45) is 1.87. The molecule has 25 heavy (non-hydrogen) atoms. The highest BCUT2D eigenvalue weighted by atomic mass is 35.5. The molecule has 0 atom stereocenters. The fourth-order valence-electron chi connectivity index (χ4n) is 2.46. The first-order chi connectivity index (χ1) is 11.8. The van der Waals surface area contributed by atoms with Gasteiger partial charge in [-0.15, -0.1) is 0 Å². The highest BCUT2D eigenvalue weighted by Crippen LogP contribution is 2.18. The van der Waals surface area contributed by atoms with E-state index >= 15 is 0 Å². The summed E-state index contributed by atoms with van der Waals surface area (Å²) >= 11 is 5.84. The molecule has 0 aliphatic heterocycles. The minimum absolute atomic E-state index is 0.192. The Morgan fingerprint density at radius 2 is 1.68 bits per heavy atom. The van der Waals surface area contributed by atoms with Crippen LogP contribution in [0.5, 0.6) is 0 Å². The van der Waals surface area contributed by atoms with E-state index in [0.29, 0.717) is 35.8 Å². The van der Waals surface area contributed by atoms with Crippen molar-refractivity contribution in [3.8, 4) is 0 Å². The van der Waals surface area contributed by atoms with Gasteiger partial charge in [0.1, 0.15) is 0 Å². The second kappa shape index (κ2) is 8.36. The SMILES string of the molecule is CCN(c1ccc(C(=O)NCCc2ccc(Cl)cc2)cc1)S(C)(=O)=O. The van der Waals surface area contributed by atoms with E-state index < -0.39 is 10.0 Å². The van der Waals surface area contributed by atoms with Gasteiger partial charge in [-0.25, -0.2) is 8.42 Å². The number of anilines is 1. The van der Waals surface area contributed by atoms with E-state index in [2.05, 4.69) is 5.32 Å². The van der Waals surface area contributed by atoms with E-state index in [4.69, 9.17) is 11.6 Å². The quantitative estimate of drug-likeness (QED) is 0.802. The number of nitrogens with zero attached hydrogens (tertiary/aromatic N) is 1. The van der Waals surface area contributed by atoms with Crippen LogP contribution in [0.1, 0.15) is 22.8 Å². The van der Waals surface area contributed by atoms with Crippen LogP contribution in [0.4, 0.5) is 5.69 Å². The van der Waals surface area contributed by atoms with Crippen molar-refractivity contribution in [2.24, 2.45) is 0 Å². The maximum Gasteiger partial charge on any atom is 0.251 e. The molecule has 0 spiro atoms. The molecule has 0 bridgehead atoms. The fourth-order valence-corrected chi connectivity index (χ4v) is 3.56. The molecule has 0 heterocycles. The van der Waals surface area contributed by atoms with E-state index in [1.165, 1.54) is 4.31 Å². The number of halogens is 1. The normalized spacial score (nSPS) is 11.2. The largest absolute Gasteiger partial charge is 0.352 e. The van der Waals surface area contributed by atoms with Crippen LogP contribution in [-0.4, -0.2) is 33.7 Å². The summed E-state index contributed by atoms with van der Waals surface area (Å²) in [7, 11) is -3.33. The van der Waals surface area contributed by atoms with Crippen molar-refractivity contribution in [2.45, 2.75) is 13.3 Å². The molecule has 2 aromatic rings. The Morgan fingerprint density at radius 3 is 2.20 bits per heavy atom. The van der Waals surface area contributed by atoms with Gasteiger partial charge in [-0.1, -0.05) is 23.7 Å². The molecule has 0 saturated carbocycles. The molecule has 0 fully saturated rings. The zero-order valence-electron chi connectivity index (χ0n) is 14.2. The van der Waals surface area contributed by atoms with E-state index in [1.807, 2.05) is 24.3 Å². The third-order valence-electron chi connectivity index (χ3n) is 3.72. The molecule has 0 aliphatic carbocycles. The first-order valence-corrected chi connectivity index (χ1v) is 10.1. The predicted octanol–water partition coefficient (Wildman–Crippen LogP) is 3.10. The number of carbonyl (C=O) groups is 1. The van der Waals surface area contributed by atoms with Gasteiger partial charge in [0, 0.05) is 23.7 Å². The Kier molecular flexibility index (Phi) is 6.45. The lowest BCUT2D eigenvalue weighted by Gasteiger charge is -2.20. The van der Waals surface area contributed by atoms with Crippen LogP contribution in [0.2, 0.25) is 5.02 Å². The van der Waals surface area contributed by atoms with E-state index in [0.717, 1.165) is 11.8 Å². The monoisotopic (exact) mass is 380 g/mol. The Bertz CT molecular complexity index is 818. The minimum atomic E-state index is -3.33. The van der Waals surface area contributed by atoms with Crippen molar-refractivity contribution in [2.75, 3.05) is 23.7 Å². The molecule has 1 amide bonds. The zero-order chi connectivity index (χ0) is 18.4. The highest BCUT2D eigenvalue weighted by Gasteiger charge is 2.15. The van der Waals surface area contributed by atoms with Crippen molar-refractivity contribution in [3.05, 3.63) is 64.7 Å². The first kappa shape index (κ1) is 19.3. The topological polar surface area (TPSA) is 66.5 Å². The third-order valence-corrected chi connectivity index (χ3v) is 5.24. The molecular formula is C18H21ClN2O3S. The number of amides is 1. The van der Waals surface area contributed by atoms with Crippen molar-refractivity contribution >= 4 is 33.2 Å². The Labute approximate surface area is 153 Å². The minimum Gasteiger partial charge on any atom is -0.352 e. The number of hydrogen-bond acceptors (Lipinski definition) is 3. The van der Waals surface area contributed by atoms with Crippen molar-refractivity contribution in [1.29, 1.82) is 0 Å². The van der Waals surface area contributed by atoms with Crippen LogP contribution in [0.15, 0.2) is 48.5 Å². The summed E-state index contributed by atoms with van der Waals surface area (Å²) in [5, 5.41) is 3.53. The lowest BCUT2D eigenvalue weighted by molar-refractivity contribution is 0.0954. The van der Waals surface area contributed by atoms with Crippen LogP contribution in [0.25, 0.3) is 0 Å². The van der Waals surface area contributed by atoms with Gasteiger partial charge in [0.15, 0.2) is 0 Å². The second-order valence-electron chi connectivity index (χ2n) is 5.61. The first-order valence-electron chi connectivity index (χ1n) is 7.91. The van der Waals surface area contributed by atoms with Gasteiger partial charge in [-0.05, 0) is 55.3 Å². The van der Waals surface area contributed by atoms with Crippen molar-refractivity contribution in [3.63, 3.8) is 0 Å². The molecule has 2 aromatic carbocycles. The van der Waals surface area contributed by atoms with Crippen molar-refractivity contribution in [1.82, 2.24) is 5.32 Å². The van der Waals surface area contributed by atoms with Gasteiger partial charge in [0.2, 0.25) is 10.0 Å². The molecule has 5 nitrogen and oxygen atoms in total. The van der Waals surface area contributed by atoms with Gasteiger partial charge >= 0.3 is 0 Å². The molecule has 0 radical (unpaired) electrons. The van der Waals surface area contributed by atoms with E-state index in [1.54, 1.807) is 31.2 Å². The fraction of sp³-hybridized carbons (Fsp3) is 0.278. The van der Waals surface area contributed by atoms with Crippen LogP contribution in [-0.2, 0) is 16.4 Å². The van der Waals surface area contributed by atoms with Gasteiger partial charge in [0.05, 0.1) is 11.9 Å². The number of hydrogen-bond donors (Lipinski definition) is 1. The average molecular weight is 381 g/mol. The van der Waals surface area contributed by atoms with Gasteiger partial charge in [-0.2, -0.15) is 0 Å². The zero-order valence-corrected chi connectivity index (χ0v) is 15.8. The number of carbonyl (C=O) groups excluding carboxylic acids is 1. The highest BCUT2D eigenvalue weighted by molar-refractivity contribution is 7.92. The maximum absolute atomic E-state index is 12.2. The third kappa shape index (κ3) is 5.47. The summed E-state index contributed by atoms with van der Waals surface area (Å²) in [5.74, 6) is -0.192. The Hall–Kier alpha value is -2.05. The lowest BCUT2D eigenvalue weighted by atomic mass is 10.1. The van der Waals surface area contributed by atoms with Crippen LogP contribution < -0.4 is 9.62 Å². The molecule has 0 saturated heterocycles. The van der Waals surface area contributed by atoms with Gasteiger partial charge in [0.25, 0.3) is 5.91 Å². The molecule has 0 aromatic heterocycles. The molecule has 7 heteroatoms. The number of nitrogens with one attached hydrogen (secondary N) is 1. The number of benzene rings is 2. The Balaban J connectivity index is 1.95. The predicted molar refractivity (Wildman–Crippen MR) is 102 cm³/mol. The second-order valence-corrected chi connectivity index (χ2v) is 7.95. The number of rotatable bonds is 7. The molecule has 0 aliphatic rings. The van der Waals surface area contributed by atoms with Crippen molar-refractivity contribution < 1.29 is 13.2 Å². The summed E-state index contributed by atoms with van der Waals surface area (Å²) in [4.78, 5) is 12.2. The Morgan fingerprint density at radius 1 is 1.08 bits per heavy atom. The van der Waals surface area contributed by atoms with Crippen LogP contribution in [0, 0.1) is 0 Å².